The minimum absolute atomic E-state index is 0.00548. The van der Waals surface area contributed by atoms with E-state index in [-0.39, 0.29) is 18.7 Å². The fourth-order valence-electron chi connectivity index (χ4n) is 3.18. The SMILES string of the molecule is COc1ccccc1[C@@H]1C[C@H](F)C(=O)N1Cc1ccc(OC(F)(F)F)cc1. The Morgan fingerprint density at radius 1 is 1.11 bits per heavy atom. The average Bonchev–Trinajstić information content (AvgIpc) is 2.90. The Kier molecular flexibility index (Phi) is 5.25. The van der Waals surface area contributed by atoms with Crippen LogP contribution in [0.1, 0.15) is 23.6 Å². The molecule has 0 spiro atoms. The second kappa shape index (κ2) is 7.46. The van der Waals surface area contributed by atoms with Crippen LogP contribution in [0.5, 0.6) is 11.5 Å². The first-order chi connectivity index (χ1) is 12.8. The van der Waals surface area contributed by atoms with E-state index in [9.17, 15) is 22.4 Å². The number of alkyl halides is 4. The number of hydrogen-bond donors (Lipinski definition) is 0. The largest absolute Gasteiger partial charge is 0.573 e. The van der Waals surface area contributed by atoms with E-state index in [4.69, 9.17) is 4.74 Å². The summed E-state index contributed by atoms with van der Waals surface area (Å²) in [6.45, 7) is 0.0638. The van der Waals surface area contributed by atoms with Crippen LogP contribution in [-0.2, 0) is 11.3 Å². The summed E-state index contributed by atoms with van der Waals surface area (Å²) in [5, 5.41) is 0. The van der Waals surface area contributed by atoms with Crippen molar-refractivity contribution >= 4 is 5.91 Å². The first kappa shape index (κ1) is 19.0. The van der Waals surface area contributed by atoms with Crippen molar-refractivity contribution in [3.05, 3.63) is 59.7 Å². The fourth-order valence-corrected chi connectivity index (χ4v) is 3.18. The highest BCUT2D eigenvalue weighted by Gasteiger charge is 2.41. The number of likely N-dealkylation sites (tertiary alicyclic amines) is 1. The predicted octanol–water partition coefficient (Wildman–Crippen LogP) is 4.41. The Balaban J connectivity index is 1.82. The van der Waals surface area contributed by atoms with E-state index in [1.165, 1.54) is 24.1 Å². The molecular weight excluding hydrogens is 366 g/mol. The maximum absolute atomic E-state index is 14.1. The summed E-state index contributed by atoms with van der Waals surface area (Å²) in [6.07, 6.45) is -6.41. The molecule has 0 bridgehead atoms. The summed E-state index contributed by atoms with van der Waals surface area (Å²) in [7, 11) is 1.49. The van der Waals surface area contributed by atoms with Crippen molar-refractivity contribution in [3.63, 3.8) is 0 Å². The van der Waals surface area contributed by atoms with E-state index in [0.29, 0.717) is 16.9 Å². The van der Waals surface area contributed by atoms with E-state index in [1.54, 1.807) is 24.3 Å². The Hall–Kier alpha value is -2.77. The fraction of sp³-hybridized carbons (Fsp3) is 0.316. The molecule has 0 saturated carbocycles. The summed E-state index contributed by atoms with van der Waals surface area (Å²) < 4.78 is 60.0. The number of hydrogen-bond acceptors (Lipinski definition) is 3. The zero-order valence-corrected chi connectivity index (χ0v) is 14.4. The number of amides is 1. The van der Waals surface area contributed by atoms with Crippen LogP contribution in [0.3, 0.4) is 0 Å². The van der Waals surface area contributed by atoms with Gasteiger partial charge in [0.15, 0.2) is 6.17 Å². The second-order valence-corrected chi connectivity index (χ2v) is 6.12. The third kappa shape index (κ3) is 4.32. The maximum Gasteiger partial charge on any atom is 0.573 e. The molecule has 8 heteroatoms. The topological polar surface area (TPSA) is 38.8 Å². The minimum atomic E-state index is -4.77. The third-order valence-corrected chi connectivity index (χ3v) is 4.37. The molecule has 0 N–H and O–H groups in total. The van der Waals surface area contributed by atoms with Crippen LogP contribution in [0.25, 0.3) is 0 Å². The molecule has 0 radical (unpaired) electrons. The van der Waals surface area contributed by atoms with Crippen molar-refractivity contribution in [1.29, 1.82) is 0 Å². The molecule has 4 nitrogen and oxygen atoms in total. The van der Waals surface area contributed by atoms with Gasteiger partial charge in [-0.3, -0.25) is 4.79 Å². The van der Waals surface area contributed by atoms with Crippen LogP contribution in [0.4, 0.5) is 17.6 Å². The predicted molar refractivity (Wildman–Crippen MR) is 88.9 cm³/mol. The summed E-state index contributed by atoms with van der Waals surface area (Å²) >= 11 is 0. The molecule has 0 aliphatic carbocycles. The molecule has 1 fully saturated rings. The molecule has 1 aliphatic heterocycles. The van der Waals surface area contributed by atoms with Gasteiger partial charge in [0.05, 0.1) is 13.2 Å². The van der Waals surface area contributed by atoms with E-state index in [0.717, 1.165) is 12.1 Å². The zero-order chi connectivity index (χ0) is 19.6. The van der Waals surface area contributed by atoms with Crippen LogP contribution in [0, 0.1) is 0 Å². The number of ether oxygens (including phenoxy) is 2. The highest BCUT2D eigenvalue weighted by Crippen LogP contribution is 2.39. The molecule has 1 saturated heterocycles. The molecular formula is C19H17F4NO3. The van der Waals surface area contributed by atoms with E-state index >= 15 is 0 Å². The number of halogens is 4. The lowest BCUT2D eigenvalue weighted by molar-refractivity contribution is -0.274. The standard InChI is InChI=1S/C19H17F4NO3/c1-26-17-5-3-2-4-14(17)16-10-15(20)18(25)24(16)11-12-6-8-13(9-7-12)27-19(21,22)23/h2-9,15-16H,10-11H2,1H3/t15-,16-/m0/s1. The first-order valence-electron chi connectivity index (χ1n) is 8.20. The molecule has 3 rings (SSSR count). The van der Waals surface area contributed by atoms with Gasteiger partial charge in [-0.05, 0) is 23.8 Å². The van der Waals surface area contributed by atoms with Gasteiger partial charge in [0, 0.05) is 18.5 Å². The first-order valence-corrected chi connectivity index (χ1v) is 8.20. The van der Waals surface area contributed by atoms with Crippen molar-refractivity contribution in [1.82, 2.24) is 4.90 Å². The zero-order valence-electron chi connectivity index (χ0n) is 14.4. The summed E-state index contributed by atoms with van der Waals surface area (Å²) in [5.74, 6) is -0.464. The normalized spacial score (nSPS) is 20.0. The van der Waals surface area contributed by atoms with Crippen LogP contribution >= 0.6 is 0 Å². The molecule has 1 aliphatic rings. The van der Waals surface area contributed by atoms with Gasteiger partial charge in [0.2, 0.25) is 0 Å². The van der Waals surface area contributed by atoms with Crippen LogP contribution in [0.15, 0.2) is 48.5 Å². The maximum atomic E-state index is 14.1. The molecule has 0 aromatic heterocycles. The molecule has 0 unspecified atom stereocenters. The quantitative estimate of drug-likeness (QED) is 0.718. The second-order valence-electron chi connectivity index (χ2n) is 6.12. The van der Waals surface area contributed by atoms with Gasteiger partial charge in [-0.2, -0.15) is 0 Å². The summed E-state index contributed by atoms with van der Waals surface area (Å²) in [6, 6.07) is 11.7. The molecule has 2 aromatic carbocycles. The van der Waals surface area contributed by atoms with E-state index < -0.39 is 24.5 Å². The Morgan fingerprint density at radius 3 is 2.41 bits per heavy atom. The monoisotopic (exact) mass is 383 g/mol. The molecule has 2 aromatic rings. The van der Waals surface area contributed by atoms with Crippen LogP contribution in [0.2, 0.25) is 0 Å². The Morgan fingerprint density at radius 2 is 1.78 bits per heavy atom. The van der Waals surface area contributed by atoms with Crippen LogP contribution in [-0.4, -0.2) is 30.5 Å². The minimum Gasteiger partial charge on any atom is -0.496 e. The average molecular weight is 383 g/mol. The van der Waals surface area contributed by atoms with Crippen molar-refractivity contribution in [2.75, 3.05) is 7.11 Å². The number of nitrogens with zero attached hydrogens (tertiary/aromatic N) is 1. The molecule has 2 atom stereocenters. The molecule has 144 valence electrons. The number of rotatable bonds is 5. The lowest BCUT2D eigenvalue weighted by Crippen LogP contribution is -2.29. The number of benzene rings is 2. The Labute approximate surface area is 153 Å². The van der Waals surface area contributed by atoms with Gasteiger partial charge in [-0.25, -0.2) is 4.39 Å². The lowest BCUT2D eigenvalue weighted by atomic mass is 10.0. The smallest absolute Gasteiger partial charge is 0.496 e. The van der Waals surface area contributed by atoms with Crippen molar-refractivity contribution in [2.45, 2.75) is 31.5 Å². The molecule has 27 heavy (non-hydrogen) atoms. The highest BCUT2D eigenvalue weighted by atomic mass is 19.4. The van der Waals surface area contributed by atoms with Gasteiger partial charge < -0.3 is 14.4 Å². The molecule has 1 amide bonds. The summed E-state index contributed by atoms with van der Waals surface area (Å²) in [4.78, 5) is 13.7. The van der Waals surface area contributed by atoms with Crippen molar-refractivity contribution in [2.24, 2.45) is 0 Å². The number of para-hydroxylation sites is 1. The van der Waals surface area contributed by atoms with Crippen LogP contribution < -0.4 is 9.47 Å². The van der Waals surface area contributed by atoms with Gasteiger partial charge in [0.1, 0.15) is 11.5 Å². The third-order valence-electron chi connectivity index (χ3n) is 4.37. The van der Waals surface area contributed by atoms with Gasteiger partial charge in [-0.1, -0.05) is 30.3 Å². The highest BCUT2D eigenvalue weighted by molar-refractivity contribution is 5.84. The van der Waals surface area contributed by atoms with Gasteiger partial charge in [-0.15, -0.1) is 13.2 Å². The summed E-state index contributed by atoms with van der Waals surface area (Å²) in [5.41, 5.74) is 1.25. The number of carbonyl (C=O) groups excluding carboxylic acids is 1. The van der Waals surface area contributed by atoms with Gasteiger partial charge in [0.25, 0.3) is 5.91 Å². The van der Waals surface area contributed by atoms with Crippen molar-refractivity contribution < 1.29 is 31.8 Å². The number of methoxy groups -OCH3 is 1. The van der Waals surface area contributed by atoms with Gasteiger partial charge >= 0.3 is 6.36 Å². The van der Waals surface area contributed by atoms with Crippen molar-refractivity contribution in [3.8, 4) is 11.5 Å². The molecule has 1 heterocycles. The number of carbonyl (C=O) groups is 1. The lowest BCUT2D eigenvalue weighted by Gasteiger charge is -2.26. The van der Waals surface area contributed by atoms with E-state index in [1.807, 2.05) is 0 Å². The Bertz CT molecular complexity index is 807. The van der Waals surface area contributed by atoms with E-state index in [2.05, 4.69) is 4.74 Å².